The second-order valence-electron chi connectivity index (χ2n) is 6.38. The summed E-state index contributed by atoms with van der Waals surface area (Å²) in [6.07, 6.45) is 4.00. The number of carbonyl (C=O) groups excluding carboxylic acids is 1. The fourth-order valence-corrected chi connectivity index (χ4v) is 4.19. The van der Waals surface area contributed by atoms with E-state index in [0.717, 1.165) is 47.8 Å². The molecule has 27 heavy (non-hydrogen) atoms. The van der Waals surface area contributed by atoms with Crippen LogP contribution in [-0.2, 0) is 0 Å². The summed E-state index contributed by atoms with van der Waals surface area (Å²) < 4.78 is 10.9. The monoisotopic (exact) mass is 383 g/mol. The molecule has 140 valence electrons. The highest BCUT2D eigenvalue weighted by Crippen LogP contribution is 2.40. The SMILES string of the molecule is COc1cccc(-c2nc(-c3c[nH]c(C(=O)N4CCCC4)c3)cs2)c1OC. The van der Waals surface area contributed by atoms with Gasteiger partial charge in [0, 0.05) is 30.2 Å². The van der Waals surface area contributed by atoms with E-state index in [1.807, 2.05) is 40.7 Å². The van der Waals surface area contributed by atoms with Crippen LogP contribution in [0.1, 0.15) is 23.3 Å². The third-order valence-electron chi connectivity index (χ3n) is 4.74. The normalized spacial score (nSPS) is 13.8. The van der Waals surface area contributed by atoms with Crippen molar-refractivity contribution >= 4 is 17.2 Å². The number of ether oxygens (including phenoxy) is 2. The van der Waals surface area contributed by atoms with E-state index in [1.165, 1.54) is 11.3 Å². The molecule has 7 heteroatoms. The van der Waals surface area contributed by atoms with Crippen LogP contribution >= 0.6 is 11.3 Å². The summed E-state index contributed by atoms with van der Waals surface area (Å²) in [4.78, 5) is 22.3. The molecule has 0 atom stereocenters. The lowest BCUT2D eigenvalue weighted by Gasteiger charge is -2.13. The summed E-state index contributed by atoms with van der Waals surface area (Å²) in [5, 5.41) is 2.83. The lowest BCUT2D eigenvalue weighted by Crippen LogP contribution is -2.27. The van der Waals surface area contributed by atoms with Crippen LogP contribution in [0.5, 0.6) is 11.5 Å². The van der Waals surface area contributed by atoms with E-state index >= 15 is 0 Å². The van der Waals surface area contributed by atoms with Crippen LogP contribution in [0.15, 0.2) is 35.8 Å². The highest BCUT2D eigenvalue weighted by molar-refractivity contribution is 7.13. The van der Waals surface area contributed by atoms with Crippen LogP contribution < -0.4 is 9.47 Å². The molecule has 1 saturated heterocycles. The molecule has 1 aliphatic rings. The van der Waals surface area contributed by atoms with Crippen LogP contribution in [0.2, 0.25) is 0 Å². The Hall–Kier alpha value is -2.80. The van der Waals surface area contributed by atoms with E-state index in [-0.39, 0.29) is 5.91 Å². The van der Waals surface area contributed by atoms with Gasteiger partial charge in [0.1, 0.15) is 10.7 Å². The Morgan fingerprint density at radius 2 is 2.04 bits per heavy atom. The van der Waals surface area contributed by atoms with E-state index in [0.29, 0.717) is 17.2 Å². The average Bonchev–Trinajstić information content (AvgIpc) is 3.47. The standard InChI is InChI=1S/C20H21N3O3S/c1-25-17-7-5-6-14(18(17)26-2)19-22-16(12-27-19)13-10-15(21-11-13)20(24)23-8-3-4-9-23/h5-7,10-12,21H,3-4,8-9H2,1-2H3. The Bertz CT molecular complexity index is 957. The minimum Gasteiger partial charge on any atom is -0.493 e. The van der Waals surface area contributed by atoms with E-state index in [2.05, 4.69) is 4.98 Å². The number of benzene rings is 1. The summed E-state index contributed by atoms with van der Waals surface area (Å²) in [6, 6.07) is 7.62. The maximum atomic E-state index is 12.5. The molecule has 0 bridgehead atoms. The molecule has 2 aromatic heterocycles. The molecular formula is C20H21N3O3S. The first-order valence-corrected chi connectivity index (χ1v) is 9.74. The number of aromatic nitrogens is 2. The van der Waals surface area contributed by atoms with Gasteiger partial charge >= 0.3 is 0 Å². The molecule has 3 heterocycles. The van der Waals surface area contributed by atoms with E-state index < -0.39 is 0 Å². The first-order valence-electron chi connectivity index (χ1n) is 8.86. The van der Waals surface area contributed by atoms with Crippen molar-refractivity contribution in [1.29, 1.82) is 0 Å². The molecule has 1 aliphatic heterocycles. The van der Waals surface area contributed by atoms with Crippen LogP contribution in [0.4, 0.5) is 0 Å². The van der Waals surface area contributed by atoms with Crippen LogP contribution in [0.25, 0.3) is 21.8 Å². The quantitative estimate of drug-likeness (QED) is 0.721. The summed E-state index contributed by atoms with van der Waals surface area (Å²) in [6.45, 7) is 1.67. The van der Waals surface area contributed by atoms with Gasteiger partial charge in [-0.3, -0.25) is 4.79 Å². The predicted octanol–water partition coefficient (Wildman–Crippen LogP) is 4.06. The third kappa shape index (κ3) is 3.30. The van der Waals surface area contributed by atoms with Crippen molar-refractivity contribution in [2.45, 2.75) is 12.8 Å². The van der Waals surface area contributed by atoms with Gasteiger partial charge in [-0.1, -0.05) is 6.07 Å². The van der Waals surface area contributed by atoms with Crippen molar-refractivity contribution in [3.05, 3.63) is 41.5 Å². The van der Waals surface area contributed by atoms with Crippen LogP contribution in [0, 0.1) is 0 Å². The van der Waals surface area contributed by atoms with Gasteiger partial charge in [0.05, 0.1) is 25.5 Å². The topological polar surface area (TPSA) is 67.5 Å². The lowest BCUT2D eigenvalue weighted by molar-refractivity contribution is 0.0788. The van der Waals surface area contributed by atoms with Crippen molar-refractivity contribution in [1.82, 2.24) is 14.9 Å². The number of thiazole rings is 1. The van der Waals surface area contributed by atoms with Gasteiger partial charge < -0.3 is 19.4 Å². The largest absolute Gasteiger partial charge is 0.493 e. The number of aromatic amines is 1. The van der Waals surface area contributed by atoms with Crippen molar-refractivity contribution in [2.75, 3.05) is 27.3 Å². The molecule has 0 radical (unpaired) electrons. The molecular weight excluding hydrogens is 362 g/mol. The zero-order valence-corrected chi connectivity index (χ0v) is 16.1. The number of carbonyl (C=O) groups is 1. The lowest BCUT2D eigenvalue weighted by atomic mass is 10.2. The molecule has 1 fully saturated rings. The molecule has 1 amide bonds. The number of methoxy groups -OCH3 is 2. The minimum absolute atomic E-state index is 0.0590. The minimum atomic E-state index is 0.0590. The number of para-hydroxylation sites is 1. The van der Waals surface area contributed by atoms with Gasteiger partial charge in [-0.25, -0.2) is 4.98 Å². The summed E-state index contributed by atoms with van der Waals surface area (Å²) >= 11 is 1.53. The van der Waals surface area contributed by atoms with Gasteiger partial charge in [0.2, 0.25) is 0 Å². The molecule has 3 aromatic rings. The molecule has 0 spiro atoms. The fourth-order valence-electron chi connectivity index (χ4n) is 3.34. The highest BCUT2D eigenvalue weighted by Gasteiger charge is 2.21. The van der Waals surface area contributed by atoms with Crippen molar-refractivity contribution in [3.63, 3.8) is 0 Å². The number of likely N-dealkylation sites (tertiary alicyclic amines) is 1. The molecule has 0 unspecified atom stereocenters. The smallest absolute Gasteiger partial charge is 0.270 e. The highest BCUT2D eigenvalue weighted by atomic mass is 32.1. The van der Waals surface area contributed by atoms with Gasteiger partial charge in [0.25, 0.3) is 5.91 Å². The molecule has 1 aromatic carbocycles. The first-order chi connectivity index (χ1) is 13.2. The molecule has 6 nitrogen and oxygen atoms in total. The van der Waals surface area contributed by atoms with Crippen LogP contribution in [0.3, 0.4) is 0 Å². The van der Waals surface area contributed by atoms with Gasteiger partial charge in [-0.2, -0.15) is 0 Å². The number of hydrogen-bond acceptors (Lipinski definition) is 5. The third-order valence-corrected chi connectivity index (χ3v) is 5.62. The van der Waals surface area contributed by atoms with Gasteiger partial charge in [0.15, 0.2) is 11.5 Å². The number of H-pyrrole nitrogens is 1. The Balaban J connectivity index is 1.61. The Kier molecular flexibility index (Phi) is 4.85. The van der Waals surface area contributed by atoms with Gasteiger partial charge in [-0.05, 0) is 31.0 Å². The number of amides is 1. The Morgan fingerprint density at radius 1 is 1.22 bits per heavy atom. The number of nitrogens with zero attached hydrogens (tertiary/aromatic N) is 2. The average molecular weight is 383 g/mol. The Labute approximate surface area is 161 Å². The molecule has 4 rings (SSSR count). The maximum Gasteiger partial charge on any atom is 0.270 e. The maximum absolute atomic E-state index is 12.5. The van der Waals surface area contributed by atoms with E-state index in [4.69, 9.17) is 14.5 Å². The van der Waals surface area contributed by atoms with Crippen molar-refractivity contribution < 1.29 is 14.3 Å². The zero-order chi connectivity index (χ0) is 18.8. The number of hydrogen-bond donors (Lipinski definition) is 1. The first kappa shape index (κ1) is 17.6. The van der Waals surface area contributed by atoms with Crippen molar-refractivity contribution in [2.24, 2.45) is 0 Å². The summed E-state index contributed by atoms with van der Waals surface area (Å²) in [7, 11) is 3.24. The van der Waals surface area contributed by atoms with Crippen LogP contribution in [-0.4, -0.2) is 48.1 Å². The summed E-state index contributed by atoms with van der Waals surface area (Å²) in [5.74, 6) is 1.40. The number of nitrogens with one attached hydrogen (secondary N) is 1. The predicted molar refractivity (Wildman–Crippen MR) is 106 cm³/mol. The molecule has 0 aliphatic carbocycles. The summed E-state index contributed by atoms with van der Waals surface area (Å²) in [5.41, 5.74) is 3.23. The Morgan fingerprint density at radius 3 is 2.78 bits per heavy atom. The zero-order valence-electron chi connectivity index (χ0n) is 15.3. The molecule has 1 N–H and O–H groups in total. The fraction of sp³-hybridized carbons (Fsp3) is 0.300. The second kappa shape index (κ2) is 7.44. The van der Waals surface area contributed by atoms with Gasteiger partial charge in [-0.15, -0.1) is 11.3 Å². The van der Waals surface area contributed by atoms with E-state index in [9.17, 15) is 4.79 Å². The van der Waals surface area contributed by atoms with Crippen molar-refractivity contribution in [3.8, 4) is 33.3 Å². The number of rotatable bonds is 5. The second-order valence-corrected chi connectivity index (χ2v) is 7.24. The van der Waals surface area contributed by atoms with E-state index in [1.54, 1.807) is 14.2 Å². The molecule has 0 saturated carbocycles.